The highest BCUT2D eigenvalue weighted by atomic mass is 35.5. The summed E-state index contributed by atoms with van der Waals surface area (Å²) in [6, 6.07) is 11.6. The molecular formula is C18H17ClN4O4S. The summed E-state index contributed by atoms with van der Waals surface area (Å²) in [5.74, 6) is -0.406. The molecule has 10 heteroatoms. The summed E-state index contributed by atoms with van der Waals surface area (Å²) in [6.07, 6.45) is 0.858. The lowest BCUT2D eigenvalue weighted by atomic mass is 9.97. The van der Waals surface area contributed by atoms with Crippen LogP contribution in [-0.4, -0.2) is 42.0 Å². The number of nitrogens with zero attached hydrogens (tertiary/aromatic N) is 3. The fourth-order valence-corrected chi connectivity index (χ4v) is 5.09. The van der Waals surface area contributed by atoms with Gasteiger partial charge in [-0.1, -0.05) is 23.7 Å². The number of fused-ring (bicyclic) bond motifs is 1. The number of carbonyl (C=O) groups is 1. The van der Waals surface area contributed by atoms with Crippen molar-refractivity contribution >= 4 is 44.3 Å². The number of halogens is 1. The van der Waals surface area contributed by atoms with Crippen LogP contribution in [0.3, 0.4) is 0 Å². The summed E-state index contributed by atoms with van der Waals surface area (Å²) >= 11 is 5.93. The smallest absolute Gasteiger partial charge is 0.245 e. The molecule has 2 heterocycles. The van der Waals surface area contributed by atoms with E-state index in [4.69, 9.17) is 11.6 Å². The highest BCUT2D eigenvalue weighted by Crippen LogP contribution is 2.28. The first kappa shape index (κ1) is 18.9. The van der Waals surface area contributed by atoms with E-state index in [1.54, 1.807) is 36.4 Å². The lowest BCUT2D eigenvalue weighted by Gasteiger charge is -2.30. The third kappa shape index (κ3) is 3.60. The average molecular weight is 421 g/mol. The molecule has 3 aromatic rings. The van der Waals surface area contributed by atoms with Crippen molar-refractivity contribution in [1.82, 2.24) is 14.6 Å². The number of hydrogen-bond acceptors (Lipinski definition) is 6. The Morgan fingerprint density at radius 2 is 1.89 bits per heavy atom. The maximum absolute atomic E-state index is 13.0. The molecular weight excluding hydrogens is 404 g/mol. The summed E-state index contributed by atoms with van der Waals surface area (Å²) in [6.45, 7) is 0.495. The Bertz CT molecular complexity index is 1120. The SMILES string of the molecule is O=C(Nc1cccc(Cl)c1)C1CCN(S(=O)(=O)c2cccc3nonc23)CC1. The number of nitrogens with one attached hydrogen (secondary N) is 1. The largest absolute Gasteiger partial charge is 0.326 e. The summed E-state index contributed by atoms with van der Waals surface area (Å²) in [5.41, 5.74) is 1.22. The molecule has 1 aliphatic rings. The number of amides is 1. The molecule has 0 aliphatic carbocycles. The van der Waals surface area contributed by atoms with Gasteiger partial charge in [0.05, 0.1) is 0 Å². The van der Waals surface area contributed by atoms with Crippen molar-refractivity contribution < 1.29 is 17.8 Å². The van der Waals surface area contributed by atoms with E-state index in [-0.39, 0.29) is 35.3 Å². The molecule has 1 N–H and O–H groups in total. The minimum atomic E-state index is -3.75. The van der Waals surface area contributed by atoms with Gasteiger partial charge in [0.15, 0.2) is 5.52 Å². The third-order valence-corrected chi connectivity index (χ3v) is 6.95. The topological polar surface area (TPSA) is 105 Å². The van der Waals surface area contributed by atoms with Crippen LogP contribution in [0.4, 0.5) is 5.69 Å². The first-order valence-corrected chi connectivity index (χ1v) is 10.5. The zero-order valence-electron chi connectivity index (χ0n) is 14.7. The molecule has 28 heavy (non-hydrogen) atoms. The average Bonchev–Trinajstić information content (AvgIpc) is 3.17. The van der Waals surface area contributed by atoms with E-state index >= 15 is 0 Å². The van der Waals surface area contributed by atoms with Crippen molar-refractivity contribution in [3.63, 3.8) is 0 Å². The standard InChI is InChI=1S/C18H17ClN4O4S/c19-13-3-1-4-14(11-13)20-18(24)12-7-9-23(10-8-12)28(25,26)16-6-2-5-15-17(16)22-27-21-15/h1-6,11-12H,7-10H2,(H,20,24). The van der Waals surface area contributed by atoms with Gasteiger partial charge in [0.25, 0.3) is 0 Å². The Kier molecular flexibility index (Phi) is 5.05. The molecule has 8 nitrogen and oxygen atoms in total. The monoisotopic (exact) mass is 420 g/mol. The molecule has 1 saturated heterocycles. The zero-order valence-corrected chi connectivity index (χ0v) is 16.3. The highest BCUT2D eigenvalue weighted by molar-refractivity contribution is 7.89. The molecule has 0 radical (unpaired) electrons. The Hall–Kier alpha value is -2.49. The molecule has 0 atom stereocenters. The van der Waals surface area contributed by atoms with Gasteiger partial charge in [-0.3, -0.25) is 4.79 Å². The lowest BCUT2D eigenvalue weighted by molar-refractivity contribution is -0.120. The lowest BCUT2D eigenvalue weighted by Crippen LogP contribution is -2.41. The maximum atomic E-state index is 13.0. The van der Waals surface area contributed by atoms with Gasteiger partial charge in [-0.2, -0.15) is 4.31 Å². The molecule has 0 saturated carbocycles. The molecule has 1 aromatic heterocycles. The number of hydrogen-bond donors (Lipinski definition) is 1. The van der Waals surface area contributed by atoms with E-state index in [1.807, 2.05) is 0 Å². The van der Waals surface area contributed by atoms with Crippen LogP contribution < -0.4 is 5.32 Å². The van der Waals surface area contributed by atoms with Gasteiger partial charge in [-0.25, -0.2) is 13.0 Å². The van der Waals surface area contributed by atoms with E-state index in [2.05, 4.69) is 20.3 Å². The highest BCUT2D eigenvalue weighted by Gasteiger charge is 2.33. The van der Waals surface area contributed by atoms with Crippen molar-refractivity contribution in [1.29, 1.82) is 0 Å². The van der Waals surface area contributed by atoms with Crippen LogP contribution in [-0.2, 0) is 14.8 Å². The Morgan fingerprint density at radius 1 is 1.14 bits per heavy atom. The quantitative estimate of drug-likeness (QED) is 0.695. The van der Waals surface area contributed by atoms with Crippen LogP contribution >= 0.6 is 11.6 Å². The molecule has 1 fully saturated rings. The predicted octanol–water partition coefficient (Wildman–Crippen LogP) is 2.92. The van der Waals surface area contributed by atoms with Crippen molar-refractivity contribution in [2.45, 2.75) is 17.7 Å². The molecule has 146 valence electrons. The molecule has 1 amide bonds. The summed E-state index contributed by atoms with van der Waals surface area (Å²) in [5, 5.41) is 10.8. The number of piperidine rings is 1. The first-order valence-electron chi connectivity index (χ1n) is 8.73. The van der Waals surface area contributed by atoms with Crippen LogP contribution in [0.25, 0.3) is 11.0 Å². The fraction of sp³-hybridized carbons (Fsp3) is 0.278. The molecule has 0 spiro atoms. The normalized spacial score (nSPS) is 16.3. The van der Waals surface area contributed by atoms with E-state index in [0.29, 0.717) is 29.1 Å². The summed E-state index contributed by atoms with van der Waals surface area (Å²) in [7, 11) is -3.75. The molecule has 2 aromatic carbocycles. The first-order chi connectivity index (χ1) is 13.4. The second-order valence-corrected chi connectivity index (χ2v) is 8.91. The number of sulfonamides is 1. The van der Waals surface area contributed by atoms with Crippen molar-refractivity contribution in [3.05, 3.63) is 47.5 Å². The van der Waals surface area contributed by atoms with Crippen molar-refractivity contribution in [2.24, 2.45) is 5.92 Å². The van der Waals surface area contributed by atoms with Crippen LogP contribution in [0.1, 0.15) is 12.8 Å². The van der Waals surface area contributed by atoms with Gasteiger partial charge in [-0.15, -0.1) is 0 Å². The number of carbonyl (C=O) groups excluding carboxylic acids is 1. The van der Waals surface area contributed by atoms with E-state index in [9.17, 15) is 13.2 Å². The van der Waals surface area contributed by atoms with Gasteiger partial charge in [0.2, 0.25) is 15.9 Å². The van der Waals surface area contributed by atoms with Crippen LogP contribution in [0, 0.1) is 5.92 Å². The number of benzene rings is 2. The Morgan fingerprint density at radius 3 is 2.64 bits per heavy atom. The van der Waals surface area contributed by atoms with E-state index < -0.39 is 10.0 Å². The molecule has 4 rings (SSSR count). The van der Waals surface area contributed by atoms with Gasteiger partial charge < -0.3 is 5.32 Å². The second kappa shape index (κ2) is 7.50. The predicted molar refractivity (Wildman–Crippen MR) is 103 cm³/mol. The van der Waals surface area contributed by atoms with Crippen molar-refractivity contribution in [3.8, 4) is 0 Å². The Balaban J connectivity index is 1.45. The van der Waals surface area contributed by atoms with Crippen molar-refractivity contribution in [2.75, 3.05) is 18.4 Å². The van der Waals surface area contributed by atoms with Crippen LogP contribution in [0.2, 0.25) is 5.02 Å². The third-order valence-electron chi connectivity index (χ3n) is 4.78. The van der Waals surface area contributed by atoms with Crippen LogP contribution in [0.5, 0.6) is 0 Å². The molecule has 0 bridgehead atoms. The molecule has 1 aliphatic heterocycles. The maximum Gasteiger partial charge on any atom is 0.245 e. The second-order valence-electron chi connectivity index (χ2n) is 6.57. The van der Waals surface area contributed by atoms with Crippen LogP contribution in [0.15, 0.2) is 52.0 Å². The minimum Gasteiger partial charge on any atom is -0.326 e. The minimum absolute atomic E-state index is 0.0630. The van der Waals surface area contributed by atoms with Gasteiger partial charge >= 0.3 is 0 Å². The number of aromatic nitrogens is 2. The van der Waals surface area contributed by atoms with E-state index in [0.717, 1.165) is 0 Å². The fourth-order valence-electron chi connectivity index (χ4n) is 3.30. The number of rotatable bonds is 4. The number of anilines is 1. The summed E-state index contributed by atoms with van der Waals surface area (Å²) < 4.78 is 32.0. The van der Waals surface area contributed by atoms with Gasteiger partial charge in [0, 0.05) is 29.7 Å². The van der Waals surface area contributed by atoms with Gasteiger partial charge in [-0.05, 0) is 53.5 Å². The zero-order chi connectivity index (χ0) is 19.7. The summed E-state index contributed by atoms with van der Waals surface area (Å²) in [4.78, 5) is 12.6. The molecule has 0 unspecified atom stereocenters. The Labute approximate surface area is 166 Å². The van der Waals surface area contributed by atoms with Gasteiger partial charge in [0.1, 0.15) is 10.4 Å². The van der Waals surface area contributed by atoms with E-state index in [1.165, 1.54) is 10.4 Å².